The van der Waals surface area contributed by atoms with E-state index in [1.807, 2.05) is 6.92 Å². The summed E-state index contributed by atoms with van der Waals surface area (Å²) in [5.74, 6) is -0.988. The lowest BCUT2D eigenvalue weighted by Gasteiger charge is -2.36. The number of nitrogens with zero attached hydrogens (tertiary/aromatic N) is 3. The van der Waals surface area contributed by atoms with E-state index in [-0.39, 0.29) is 30.5 Å². The maximum atomic E-state index is 12.1. The van der Waals surface area contributed by atoms with Gasteiger partial charge in [-0.25, -0.2) is 13.4 Å². The monoisotopic (exact) mass is 273 g/mol. The lowest BCUT2D eigenvalue weighted by atomic mass is 10.00. The van der Waals surface area contributed by atoms with E-state index in [0.29, 0.717) is 6.54 Å². The molecule has 0 bridgehead atoms. The SMILES string of the molecule is CCn1cnc(S(=O)(=O)N2CC(CC(=O)O)C2)c1. The van der Waals surface area contributed by atoms with Crippen molar-refractivity contribution in [3.8, 4) is 0 Å². The van der Waals surface area contributed by atoms with E-state index < -0.39 is 16.0 Å². The number of sulfonamides is 1. The summed E-state index contributed by atoms with van der Waals surface area (Å²) in [6.07, 6.45) is 2.97. The van der Waals surface area contributed by atoms with Crippen molar-refractivity contribution in [2.24, 2.45) is 5.92 Å². The molecule has 100 valence electrons. The fourth-order valence-corrected chi connectivity index (χ4v) is 3.40. The largest absolute Gasteiger partial charge is 0.481 e. The molecule has 1 aliphatic rings. The third-order valence-corrected chi connectivity index (χ3v) is 4.68. The first kappa shape index (κ1) is 13.0. The highest BCUT2D eigenvalue weighted by molar-refractivity contribution is 7.89. The lowest BCUT2D eigenvalue weighted by molar-refractivity contribution is -0.139. The first-order chi connectivity index (χ1) is 8.43. The molecule has 18 heavy (non-hydrogen) atoms. The van der Waals surface area contributed by atoms with Gasteiger partial charge in [0.15, 0.2) is 5.03 Å². The summed E-state index contributed by atoms with van der Waals surface area (Å²) in [4.78, 5) is 14.4. The molecule has 1 aromatic rings. The Bertz CT molecular complexity index is 545. The molecule has 2 rings (SSSR count). The molecule has 0 aromatic carbocycles. The number of hydrogen-bond acceptors (Lipinski definition) is 4. The zero-order valence-corrected chi connectivity index (χ0v) is 10.8. The molecule has 1 saturated heterocycles. The van der Waals surface area contributed by atoms with Crippen LogP contribution in [0.3, 0.4) is 0 Å². The molecular formula is C10H15N3O4S. The van der Waals surface area contributed by atoms with Gasteiger partial charge in [-0.15, -0.1) is 0 Å². The summed E-state index contributed by atoms with van der Waals surface area (Å²) >= 11 is 0. The van der Waals surface area contributed by atoms with E-state index in [2.05, 4.69) is 4.98 Å². The van der Waals surface area contributed by atoms with Gasteiger partial charge in [0.2, 0.25) is 0 Å². The minimum absolute atomic E-state index is 0.00935. The molecular weight excluding hydrogens is 258 g/mol. The summed E-state index contributed by atoms with van der Waals surface area (Å²) in [5, 5.41) is 8.63. The Hall–Kier alpha value is -1.41. The highest BCUT2D eigenvalue weighted by Gasteiger charge is 2.38. The van der Waals surface area contributed by atoms with E-state index in [4.69, 9.17) is 5.11 Å². The minimum Gasteiger partial charge on any atom is -0.481 e. The predicted octanol–water partition coefficient (Wildman–Crippen LogP) is -0.00180. The zero-order valence-electron chi connectivity index (χ0n) is 9.98. The molecule has 0 atom stereocenters. The fourth-order valence-electron chi connectivity index (χ4n) is 1.87. The second-order valence-electron chi connectivity index (χ2n) is 4.33. The van der Waals surface area contributed by atoms with Crippen LogP contribution in [0.1, 0.15) is 13.3 Å². The van der Waals surface area contributed by atoms with Gasteiger partial charge in [-0.1, -0.05) is 0 Å². The number of hydrogen-bond donors (Lipinski definition) is 1. The van der Waals surface area contributed by atoms with Crippen molar-refractivity contribution in [1.29, 1.82) is 0 Å². The van der Waals surface area contributed by atoms with Crippen LogP contribution in [-0.2, 0) is 21.4 Å². The van der Waals surface area contributed by atoms with Gasteiger partial charge in [0, 0.05) is 25.8 Å². The van der Waals surface area contributed by atoms with Crippen molar-refractivity contribution >= 4 is 16.0 Å². The third kappa shape index (κ3) is 2.39. The van der Waals surface area contributed by atoms with Crippen molar-refractivity contribution in [2.75, 3.05) is 13.1 Å². The van der Waals surface area contributed by atoms with E-state index in [1.165, 1.54) is 16.8 Å². The van der Waals surface area contributed by atoms with Crippen LogP contribution >= 0.6 is 0 Å². The van der Waals surface area contributed by atoms with E-state index in [0.717, 1.165) is 0 Å². The molecule has 0 aliphatic carbocycles. The Morgan fingerprint density at radius 1 is 1.56 bits per heavy atom. The molecule has 0 radical (unpaired) electrons. The van der Waals surface area contributed by atoms with Crippen LogP contribution in [0.5, 0.6) is 0 Å². The molecule has 1 N–H and O–H groups in total. The first-order valence-corrected chi connectivity index (χ1v) is 7.11. The third-order valence-electron chi connectivity index (χ3n) is 2.97. The van der Waals surface area contributed by atoms with Crippen molar-refractivity contribution in [3.63, 3.8) is 0 Å². The summed E-state index contributed by atoms with van der Waals surface area (Å²) in [7, 11) is -3.55. The molecule has 8 heteroatoms. The van der Waals surface area contributed by atoms with Crippen LogP contribution in [0.2, 0.25) is 0 Å². The fraction of sp³-hybridized carbons (Fsp3) is 0.600. The van der Waals surface area contributed by atoms with Crippen molar-refractivity contribution < 1.29 is 18.3 Å². The summed E-state index contributed by atoms with van der Waals surface area (Å²) in [6, 6.07) is 0. The molecule has 0 saturated carbocycles. The van der Waals surface area contributed by atoms with Crippen molar-refractivity contribution in [1.82, 2.24) is 13.9 Å². The van der Waals surface area contributed by atoms with Gasteiger partial charge in [0.05, 0.1) is 12.7 Å². The quantitative estimate of drug-likeness (QED) is 0.815. The summed E-state index contributed by atoms with van der Waals surface area (Å²) in [6.45, 7) is 3.07. The summed E-state index contributed by atoms with van der Waals surface area (Å²) < 4.78 is 27.1. The number of carbonyl (C=O) groups is 1. The second kappa shape index (κ2) is 4.69. The minimum atomic E-state index is -3.55. The van der Waals surface area contributed by atoms with Crippen LogP contribution in [-0.4, -0.2) is 46.4 Å². The maximum Gasteiger partial charge on any atom is 0.303 e. The van der Waals surface area contributed by atoms with Crippen LogP contribution < -0.4 is 0 Å². The standard InChI is InChI=1S/C10H15N3O4S/c1-2-12-6-9(11-7-12)18(16,17)13-4-8(5-13)3-10(14)15/h6-8H,2-5H2,1H3,(H,14,15). The molecule has 0 spiro atoms. The van der Waals surface area contributed by atoms with Gasteiger partial charge in [-0.2, -0.15) is 4.31 Å². The maximum absolute atomic E-state index is 12.1. The van der Waals surface area contributed by atoms with Crippen LogP contribution in [0.4, 0.5) is 0 Å². The second-order valence-corrected chi connectivity index (χ2v) is 6.21. The van der Waals surface area contributed by atoms with Crippen LogP contribution in [0.15, 0.2) is 17.6 Å². The van der Waals surface area contributed by atoms with Crippen LogP contribution in [0, 0.1) is 5.92 Å². The van der Waals surface area contributed by atoms with Gasteiger partial charge in [0.1, 0.15) is 0 Å². The Morgan fingerprint density at radius 2 is 2.22 bits per heavy atom. The molecule has 7 nitrogen and oxygen atoms in total. The van der Waals surface area contributed by atoms with E-state index >= 15 is 0 Å². The summed E-state index contributed by atoms with van der Waals surface area (Å²) in [5.41, 5.74) is 0. The van der Waals surface area contributed by atoms with Gasteiger partial charge in [-0.05, 0) is 12.8 Å². The van der Waals surface area contributed by atoms with Crippen molar-refractivity contribution in [3.05, 3.63) is 12.5 Å². The Labute approximate surface area is 105 Å². The average Bonchev–Trinajstić information content (AvgIpc) is 2.71. The molecule has 0 amide bonds. The number of aliphatic carboxylic acids is 1. The van der Waals surface area contributed by atoms with Gasteiger partial charge in [0.25, 0.3) is 10.0 Å². The Balaban J connectivity index is 2.03. The Morgan fingerprint density at radius 3 is 2.72 bits per heavy atom. The van der Waals surface area contributed by atoms with Gasteiger partial charge >= 0.3 is 5.97 Å². The highest BCUT2D eigenvalue weighted by atomic mass is 32.2. The average molecular weight is 273 g/mol. The smallest absolute Gasteiger partial charge is 0.303 e. The topological polar surface area (TPSA) is 92.5 Å². The van der Waals surface area contributed by atoms with Crippen molar-refractivity contribution in [2.45, 2.75) is 24.9 Å². The number of imidazole rings is 1. The van der Waals surface area contributed by atoms with Gasteiger partial charge in [-0.3, -0.25) is 4.79 Å². The highest BCUT2D eigenvalue weighted by Crippen LogP contribution is 2.26. The molecule has 1 fully saturated rings. The lowest BCUT2D eigenvalue weighted by Crippen LogP contribution is -2.50. The van der Waals surface area contributed by atoms with E-state index in [9.17, 15) is 13.2 Å². The number of rotatable bonds is 5. The number of aromatic nitrogens is 2. The molecule has 0 unspecified atom stereocenters. The van der Waals surface area contributed by atoms with Crippen LogP contribution in [0.25, 0.3) is 0 Å². The Kier molecular flexibility index (Phi) is 3.40. The predicted molar refractivity (Wildman–Crippen MR) is 62.4 cm³/mol. The van der Waals surface area contributed by atoms with E-state index in [1.54, 1.807) is 4.57 Å². The normalized spacial score (nSPS) is 17.6. The molecule has 2 heterocycles. The number of carboxylic acid groups (broad SMARTS) is 1. The molecule has 1 aromatic heterocycles. The van der Waals surface area contributed by atoms with Gasteiger partial charge < -0.3 is 9.67 Å². The molecule has 1 aliphatic heterocycles. The zero-order chi connectivity index (χ0) is 13.3. The first-order valence-electron chi connectivity index (χ1n) is 5.67. The number of aryl methyl sites for hydroxylation is 1. The number of carboxylic acids is 1.